The van der Waals surface area contributed by atoms with E-state index in [4.69, 9.17) is 4.74 Å². The molecular formula is C18H13N3OS. The average Bonchev–Trinajstić information content (AvgIpc) is 3.04. The molecular weight excluding hydrogens is 306 g/mol. The summed E-state index contributed by atoms with van der Waals surface area (Å²) in [6.45, 7) is 0. The second-order valence-corrected chi connectivity index (χ2v) is 6.03. The van der Waals surface area contributed by atoms with Gasteiger partial charge < -0.3 is 9.72 Å². The maximum atomic E-state index is 6.07. The maximum absolute atomic E-state index is 6.07. The fourth-order valence-corrected chi connectivity index (χ4v) is 3.13. The number of imidazole rings is 1. The Hall–Kier alpha value is -2.79. The number of H-pyrrole nitrogens is 1. The molecule has 0 fully saturated rings. The molecule has 0 spiro atoms. The molecule has 0 unspecified atom stereocenters. The second-order valence-electron chi connectivity index (χ2n) is 4.92. The molecule has 0 bridgehead atoms. The molecule has 5 heteroatoms. The third kappa shape index (κ3) is 3.05. The average molecular weight is 319 g/mol. The summed E-state index contributed by atoms with van der Waals surface area (Å²) in [5.74, 6) is 1.61. The summed E-state index contributed by atoms with van der Waals surface area (Å²) in [5, 5.41) is 0. The Morgan fingerprint density at radius 2 is 1.78 bits per heavy atom. The predicted molar refractivity (Wildman–Crippen MR) is 91.0 cm³/mol. The van der Waals surface area contributed by atoms with Crippen LogP contribution in [-0.2, 0) is 0 Å². The molecule has 0 aliphatic heterocycles. The van der Waals surface area contributed by atoms with Gasteiger partial charge in [-0.2, -0.15) is 0 Å². The minimum Gasteiger partial charge on any atom is -0.456 e. The van der Waals surface area contributed by atoms with E-state index in [1.54, 1.807) is 30.5 Å². The lowest BCUT2D eigenvalue weighted by Crippen LogP contribution is -1.88. The fourth-order valence-electron chi connectivity index (χ4n) is 2.25. The molecule has 4 aromatic rings. The van der Waals surface area contributed by atoms with Gasteiger partial charge in [-0.3, -0.25) is 4.98 Å². The summed E-state index contributed by atoms with van der Waals surface area (Å²) in [6, 6.07) is 17.7. The van der Waals surface area contributed by atoms with Crippen molar-refractivity contribution in [3.63, 3.8) is 0 Å². The van der Waals surface area contributed by atoms with Gasteiger partial charge in [0.15, 0.2) is 0 Å². The van der Waals surface area contributed by atoms with Crippen molar-refractivity contribution in [2.75, 3.05) is 0 Å². The van der Waals surface area contributed by atoms with E-state index in [-0.39, 0.29) is 0 Å². The van der Waals surface area contributed by atoms with Gasteiger partial charge in [-0.1, -0.05) is 30.0 Å². The van der Waals surface area contributed by atoms with Crippen molar-refractivity contribution in [2.24, 2.45) is 0 Å². The van der Waals surface area contributed by atoms with Crippen LogP contribution in [0.15, 0.2) is 83.1 Å². The zero-order valence-corrected chi connectivity index (χ0v) is 13.0. The van der Waals surface area contributed by atoms with Crippen LogP contribution in [0.2, 0.25) is 0 Å². The van der Waals surface area contributed by atoms with Gasteiger partial charge in [-0.15, -0.1) is 0 Å². The molecule has 23 heavy (non-hydrogen) atoms. The van der Waals surface area contributed by atoms with Crippen LogP contribution >= 0.6 is 11.8 Å². The Kier molecular flexibility index (Phi) is 3.70. The molecule has 112 valence electrons. The van der Waals surface area contributed by atoms with E-state index in [0.29, 0.717) is 0 Å². The SMILES string of the molecule is c1ccc(Oc2cc3[nH]cnc3cc2Sc2ccncc2)cc1. The molecule has 0 radical (unpaired) electrons. The molecule has 4 rings (SSSR count). The van der Waals surface area contributed by atoms with Crippen molar-refractivity contribution in [3.8, 4) is 11.5 Å². The summed E-state index contributed by atoms with van der Waals surface area (Å²) in [4.78, 5) is 13.6. The van der Waals surface area contributed by atoms with Crippen LogP contribution in [0.3, 0.4) is 0 Å². The number of pyridine rings is 1. The highest BCUT2D eigenvalue weighted by Crippen LogP contribution is 2.39. The molecule has 0 atom stereocenters. The van der Waals surface area contributed by atoms with Gasteiger partial charge in [-0.05, 0) is 30.3 Å². The molecule has 2 aromatic heterocycles. The summed E-state index contributed by atoms with van der Waals surface area (Å²) in [6.07, 6.45) is 5.26. The predicted octanol–water partition coefficient (Wildman–Crippen LogP) is 4.90. The van der Waals surface area contributed by atoms with Gasteiger partial charge in [0.1, 0.15) is 11.5 Å². The normalized spacial score (nSPS) is 10.8. The monoisotopic (exact) mass is 319 g/mol. The van der Waals surface area contributed by atoms with Crippen molar-refractivity contribution < 1.29 is 4.74 Å². The van der Waals surface area contributed by atoms with E-state index in [9.17, 15) is 0 Å². The summed E-state index contributed by atoms with van der Waals surface area (Å²) >= 11 is 1.63. The molecule has 4 nitrogen and oxygen atoms in total. The molecule has 0 aliphatic carbocycles. The Morgan fingerprint density at radius 1 is 0.957 bits per heavy atom. The van der Waals surface area contributed by atoms with Crippen LogP contribution in [0.25, 0.3) is 11.0 Å². The lowest BCUT2D eigenvalue weighted by molar-refractivity contribution is 0.472. The number of hydrogen-bond donors (Lipinski definition) is 1. The first kappa shape index (κ1) is 13.8. The number of aromatic nitrogens is 3. The lowest BCUT2D eigenvalue weighted by atomic mass is 10.3. The van der Waals surface area contributed by atoms with Gasteiger partial charge in [0.2, 0.25) is 0 Å². The maximum Gasteiger partial charge on any atom is 0.143 e. The van der Waals surface area contributed by atoms with Crippen LogP contribution in [-0.4, -0.2) is 15.0 Å². The summed E-state index contributed by atoms with van der Waals surface area (Å²) in [5.41, 5.74) is 1.87. The number of nitrogens with zero attached hydrogens (tertiary/aromatic N) is 2. The van der Waals surface area contributed by atoms with Crippen molar-refractivity contribution in [3.05, 3.63) is 73.3 Å². The minimum absolute atomic E-state index is 0.801. The zero-order valence-electron chi connectivity index (χ0n) is 12.1. The molecule has 0 saturated heterocycles. The van der Waals surface area contributed by atoms with Crippen molar-refractivity contribution >= 4 is 22.8 Å². The topological polar surface area (TPSA) is 50.8 Å². The number of hydrogen-bond acceptors (Lipinski definition) is 4. The smallest absolute Gasteiger partial charge is 0.143 e. The minimum atomic E-state index is 0.801. The number of fused-ring (bicyclic) bond motifs is 1. The van der Waals surface area contributed by atoms with Crippen LogP contribution in [0.5, 0.6) is 11.5 Å². The first-order chi connectivity index (χ1) is 11.4. The summed E-state index contributed by atoms with van der Waals surface area (Å²) in [7, 11) is 0. The van der Waals surface area contributed by atoms with Crippen LogP contribution < -0.4 is 4.74 Å². The van der Waals surface area contributed by atoms with E-state index in [2.05, 4.69) is 15.0 Å². The lowest BCUT2D eigenvalue weighted by Gasteiger charge is -2.11. The third-order valence-corrected chi connectivity index (χ3v) is 4.38. The Morgan fingerprint density at radius 3 is 2.61 bits per heavy atom. The number of nitrogens with one attached hydrogen (secondary N) is 1. The van der Waals surface area contributed by atoms with Crippen molar-refractivity contribution in [1.82, 2.24) is 15.0 Å². The standard InChI is InChI=1S/C18H13N3OS/c1-2-4-13(5-3-1)22-17-10-15-16(21-12-20-15)11-18(17)23-14-6-8-19-9-7-14/h1-12H,(H,20,21). The van der Waals surface area contributed by atoms with Gasteiger partial charge in [0.25, 0.3) is 0 Å². The van der Waals surface area contributed by atoms with Crippen LogP contribution in [0.1, 0.15) is 0 Å². The third-order valence-electron chi connectivity index (χ3n) is 3.33. The van der Waals surface area contributed by atoms with Gasteiger partial charge in [-0.25, -0.2) is 4.98 Å². The fraction of sp³-hybridized carbons (Fsp3) is 0. The zero-order chi connectivity index (χ0) is 15.5. The number of benzene rings is 2. The highest BCUT2D eigenvalue weighted by molar-refractivity contribution is 7.99. The molecule has 1 N–H and O–H groups in total. The molecule has 2 aromatic carbocycles. The van der Waals surface area contributed by atoms with E-state index < -0.39 is 0 Å². The Balaban J connectivity index is 1.75. The van der Waals surface area contributed by atoms with Crippen molar-refractivity contribution in [1.29, 1.82) is 0 Å². The van der Waals surface area contributed by atoms with Crippen LogP contribution in [0.4, 0.5) is 0 Å². The first-order valence-corrected chi connectivity index (χ1v) is 7.98. The summed E-state index contributed by atoms with van der Waals surface area (Å²) < 4.78 is 6.07. The Labute approximate surface area is 137 Å². The van der Waals surface area contributed by atoms with Gasteiger partial charge >= 0.3 is 0 Å². The highest BCUT2D eigenvalue weighted by atomic mass is 32.2. The molecule has 2 heterocycles. The number of para-hydroxylation sites is 1. The van der Waals surface area contributed by atoms with Crippen molar-refractivity contribution in [2.45, 2.75) is 9.79 Å². The number of ether oxygens (including phenoxy) is 1. The highest BCUT2D eigenvalue weighted by Gasteiger charge is 2.11. The largest absolute Gasteiger partial charge is 0.456 e. The van der Waals surface area contributed by atoms with Crippen LogP contribution in [0, 0.1) is 0 Å². The quantitative estimate of drug-likeness (QED) is 0.581. The van der Waals surface area contributed by atoms with Gasteiger partial charge in [0.05, 0.1) is 22.3 Å². The van der Waals surface area contributed by atoms with E-state index in [0.717, 1.165) is 32.3 Å². The Bertz CT molecular complexity index is 847. The number of rotatable bonds is 4. The van der Waals surface area contributed by atoms with Gasteiger partial charge in [0, 0.05) is 23.4 Å². The van der Waals surface area contributed by atoms with E-state index in [1.807, 2.05) is 54.6 Å². The molecule has 0 aliphatic rings. The first-order valence-electron chi connectivity index (χ1n) is 7.16. The van der Waals surface area contributed by atoms with E-state index >= 15 is 0 Å². The number of aromatic amines is 1. The van der Waals surface area contributed by atoms with E-state index in [1.165, 1.54) is 0 Å². The molecule has 0 saturated carbocycles. The second kappa shape index (κ2) is 6.14. The molecule has 0 amide bonds.